The van der Waals surface area contributed by atoms with Gasteiger partial charge in [-0.15, -0.1) is 0 Å². The molecule has 0 spiro atoms. The zero-order valence-electron chi connectivity index (χ0n) is 11.5. The van der Waals surface area contributed by atoms with Gasteiger partial charge < -0.3 is 15.4 Å². The molecule has 5 nitrogen and oxygen atoms in total. The molecule has 0 saturated carbocycles. The van der Waals surface area contributed by atoms with Crippen LogP contribution in [0.2, 0.25) is 5.02 Å². The number of aromatic nitrogens is 1. The van der Waals surface area contributed by atoms with Gasteiger partial charge in [-0.25, -0.2) is 4.98 Å². The summed E-state index contributed by atoms with van der Waals surface area (Å²) in [6.07, 6.45) is -0.0373. The normalized spacial score (nSPS) is 12.0. The zero-order valence-corrected chi connectivity index (χ0v) is 12.3. The van der Waals surface area contributed by atoms with Gasteiger partial charge in [0.2, 0.25) is 0 Å². The summed E-state index contributed by atoms with van der Waals surface area (Å²) in [5, 5.41) is 6.13. The molecule has 6 heteroatoms. The molecule has 0 saturated heterocycles. The third kappa shape index (κ3) is 5.04. The van der Waals surface area contributed by atoms with Gasteiger partial charge in [-0.2, -0.15) is 0 Å². The molecular formula is C13H20ClN3O2. The molecule has 0 aliphatic rings. The van der Waals surface area contributed by atoms with Gasteiger partial charge in [0.25, 0.3) is 5.91 Å². The van der Waals surface area contributed by atoms with Crippen LogP contribution in [0.4, 0.5) is 5.82 Å². The van der Waals surface area contributed by atoms with Gasteiger partial charge in [-0.05, 0) is 32.9 Å². The quantitative estimate of drug-likeness (QED) is 0.807. The van der Waals surface area contributed by atoms with Crippen LogP contribution in [0.25, 0.3) is 0 Å². The van der Waals surface area contributed by atoms with Gasteiger partial charge in [0, 0.05) is 19.7 Å². The molecule has 0 aromatic carbocycles. The van der Waals surface area contributed by atoms with E-state index < -0.39 is 0 Å². The van der Waals surface area contributed by atoms with E-state index in [0.29, 0.717) is 24.0 Å². The van der Waals surface area contributed by atoms with Crippen molar-refractivity contribution >= 4 is 23.3 Å². The first-order valence-electron chi connectivity index (χ1n) is 6.38. The van der Waals surface area contributed by atoms with Crippen LogP contribution in [0.3, 0.4) is 0 Å². The Morgan fingerprint density at radius 2 is 2.21 bits per heavy atom. The standard InChI is InChI=1S/C13H20ClN3O2/c1-4-15-11-7-6-10(14)12(17-11)13(18)16-8-9(3)19-5-2/h6-7,9H,4-5,8H2,1-3H3,(H,15,17)(H,16,18). The molecule has 1 aromatic rings. The average molecular weight is 286 g/mol. The van der Waals surface area contributed by atoms with Gasteiger partial charge >= 0.3 is 0 Å². The molecule has 0 bridgehead atoms. The number of carbonyl (C=O) groups excluding carboxylic acids is 1. The Labute approximate surface area is 118 Å². The smallest absolute Gasteiger partial charge is 0.271 e. The average Bonchev–Trinajstić information content (AvgIpc) is 2.39. The molecule has 1 unspecified atom stereocenters. The van der Waals surface area contributed by atoms with Crippen molar-refractivity contribution in [3.05, 3.63) is 22.8 Å². The summed E-state index contributed by atoms with van der Waals surface area (Å²) in [6, 6.07) is 3.40. The fourth-order valence-electron chi connectivity index (χ4n) is 1.54. The van der Waals surface area contributed by atoms with E-state index in [4.69, 9.17) is 16.3 Å². The monoisotopic (exact) mass is 285 g/mol. The van der Waals surface area contributed by atoms with Crippen LogP contribution >= 0.6 is 11.6 Å². The summed E-state index contributed by atoms with van der Waals surface area (Å²) in [7, 11) is 0. The Bertz CT molecular complexity index is 426. The second kappa shape index (κ2) is 7.96. The lowest BCUT2D eigenvalue weighted by atomic mass is 10.3. The number of halogens is 1. The fourth-order valence-corrected chi connectivity index (χ4v) is 1.74. The predicted octanol–water partition coefficient (Wildman–Crippen LogP) is 2.32. The summed E-state index contributed by atoms with van der Waals surface area (Å²) >= 11 is 5.99. The lowest BCUT2D eigenvalue weighted by Crippen LogP contribution is -2.32. The summed E-state index contributed by atoms with van der Waals surface area (Å²) < 4.78 is 5.34. The summed E-state index contributed by atoms with van der Waals surface area (Å²) in [5.41, 5.74) is 0.226. The summed E-state index contributed by atoms with van der Waals surface area (Å²) in [6.45, 7) is 7.55. The largest absolute Gasteiger partial charge is 0.377 e. The molecule has 1 aromatic heterocycles. The Morgan fingerprint density at radius 3 is 2.84 bits per heavy atom. The molecule has 106 valence electrons. The van der Waals surface area contributed by atoms with Gasteiger partial charge in [-0.1, -0.05) is 11.6 Å². The summed E-state index contributed by atoms with van der Waals surface area (Å²) in [5.74, 6) is 0.339. The number of amides is 1. The molecule has 1 heterocycles. The number of hydrogen-bond acceptors (Lipinski definition) is 4. The SMILES string of the molecule is CCNc1ccc(Cl)c(C(=O)NCC(C)OCC)n1. The maximum atomic E-state index is 12.0. The van der Waals surface area contributed by atoms with Gasteiger partial charge in [0.05, 0.1) is 11.1 Å². The number of nitrogens with zero attached hydrogens (tertiary/aromatic N) is 1. The van der Waals surface area contributed by atoms with Crippen molar-refractivity contribution in [2.45, 2.75) is 26.9 Å². The topological polar surface area (TPSA) is 63.2 Å². The number of hydrogen-bond donors (Lipinski definition) is 2. The lowest BCUT2D eigenvalue weighted by molar-refractivity contribution is 0.0693. The Kier molecular flexibility index (Phi) is 6.59. The van der Waals surface area contributed by atoms with Crippen molar-refractivity contribution in [1.29, 1.82) is 0 Å². The second-order valence-electron chi connectivity index (χ2n) is 4.03. The predicted molar refractivity (Wildman–Crippen MR) is 76.8 cm³/mol. The van der Waals surface area contributed by atoms with Crippen molar-refractivity contribution in [3.63, 3.8) is 0 Å². The number of rotatable bonds is 7. The fraction of sp³-hybridized carbons (Fsp3) is 0.538. The maximum Gasteiger partial charge on any atom is 0.271 e. The first-order valence-corrected chi connectivity index (χ1v) is 6.76. The Morgan fingerprint density at radius 1 is 1.47 bits per heavy atom. The molecule has 1 amide bonds. The van der Waals surface area contributed by atoms with Gasteiger partial charge in [0.15, 0.2) is 0 Å². The third-order valence-corrected chi connectivity index (χ3v) is 2.73. The highest BCUT2D eigenvalue weighted by molar-refractivity contribution is 6.33. The third-order valence-electron chi connectivity index (χ3n) is 2.42. The van der Waals surface area contributed by atoms with Crippen molar-refractivity contribution < 1.29 is 9.53 Å². The van der Waals surface area contributed by atoms with Crippen LogP contribution in [0, 0.1) is 0 Å². The van der Waals surface area contributed by atoms with Crippen LogP contribution in [-0.2, 0) is 4.74 Å². The van der Waals surface area contributed by atoms with E-state index in [1.165, 1.54) is 0 Å². The number of ether oxygens (including phenoxy) is 1. The first kappa shape index (κ1) is 15.7. The summed E-state index contributed by atoms with van der Waals surface area (Å²) in [4.78, 5) is 16.2. The number of carbonyl (C=O) groups is 1. The minimum atomic E-state index is -0.295. The molecule has 0 aliphatic heterocycles. The number of pyridine rings is 1. The second-order valence-corrected chi connectivity index (χ2v) is 4.44. The highest BCUT2D eigenvalue weighted by Crippen LogP contribution is 2.16. The number of anilines is 1. The molecule has 19 heavy (non-hydrogen) atoms. The van der Waals surface area contributed by atoms with E-state index in [9.17, 15) is 4.79 Å². The van der Waals surface area contributed by atoms with Crippen LogP contribution in [0.15, 0.2) is 12.1 Å². The Hall–Kier alpha value is -1.33. The van der Waals surface area contributed by atoms with E-state index in [-0.39, 0.29) is 17.7 Å². The van der Waals surface area contributed by atoms with Gasteiger partial charge in [-0.3, -0.25) is 4.79 Å². The minimum Gasteiger partial charge on any atom is -0.377 e. The zero-order chi connectivity index (χ0) is 14.3. The maximum absolute atomic E-state index is 12.0. The molecule has 2 N–H and O–H groups in total. The number of nitrogens with one attached hydrogen (secondary N) is 2. The molecule has 1 rings (SSSR count). The van der Waals surface area contributed by atoms with E-state index in [1.54, 1.807) is 12.1 Å². The van der Waals surface area contributed by atoms with Crippen molar-refractivity contribution in [1.82, 2.24) is 10.3 Å². The molecule has 0 fully saturated rings. The minimum absolute atomic E-state index is 0.0373. The molecule has 0 radical (unpaired) electrons. The van der Waals surface area contributed by atoms with Crippen molar-refractivity contribution in [2.24, 2.45) is 0 Å². The van der Waals surface area contributed by atoms with Gasteiger partial charge in [0.1, 0.15) is 11.5 Å². The van der Waals surface area contributed by atoms with Crippen LogP contribution < -0.4 is 10.6 Å². The van der Waals surface area contributed by atoms with E-state index in [2.05, 4.69) is 15.6 Å². The molecular weight excluding hydrogens is 266 g/mol. The van der Waals surface area contributed by atoms with Crippen molar-refractivity contribution in [3.8, 4) is 0 Å². The highest BCUT2D eigenvalue weighted by atomic mass is 35.5. The van der Waals surface area contributed by atoms with E-state index in [1.807, 2.05) is 20.8 Å². The van der Waals surface area contributed by atoms with Crippen molar-refractivity contribution in [2.75, 3.05) is 25.0 Å². The van der Waals surface area contributed by atoms with Crippen LogP contribution in [-0.4, -0.2) is 36.7 Å². The van der Waals surface area contributed by atoms with Crippen LogP contribution in [0.1, 0.15) is 31.3 Å². The first-order chi connectivity index (χ1) is 9.08. The lowest BCUT2D eigenvalue weighted by Gasteiger charge is -2.13. The Balaban J connectivity index is 2.67. The highest BCUT2D eigenvalue weighted by Gasteiger charge is 2.14. The van der Waals surface area contributed by atoms with Crippen LogP contribution in [0.5, 0.6) is 0 Å². The molecule has 0 aliphatic carbocycles. The van der Waals surface area contributed by atoms with E-state index >= 15 is 0 Å². The van der Waals surface area contributed by atoms with E-state index in [0.717, 1.165) is 6.54 Å². The molecule has 1 atom stereocenters.